The predicted octanol–water partition coefficient (Wildman–Crippen LogP) is 2.69. The first-order chi connectivity index (χ1) is 10.2. The molecular formula is C16H17FN2O2. The van der Waals surface area contributed by atoms with Crippen molar-refractivity contribution in [3.63, 3.8) is 0 Å². The summed E-state index contributed by atoms with van der Waals surface area (Å²) in [5.74, 6) is 0.145. The summed E-state index contributed by atoms with van der Waals surface area (Å²) >= 11 is 0. The van der Waals surface area contributed by atoms with Crippen LogP contribution in [0.5, 0.6) is 5.75 Å². The van der Waals surface area contributed by atoms with E-state index in [-0.39, 0.29) is 18.0 Å². The van der Waals surface area contributed by atoms with E-state index in [9.17, 15) is 4.39 Å². The highest BCUT2D eigenvalue weighted by atomic mass is 19.1. The van der Waals surface area contributed by atoms with Gasteiger partial charge in [-0.25, -0.2) is 4.39 Å². The first-order valence-electron chi connectivity index (χ1n) is 6.85. The number of nitrogens with zero attached hydrogens (tertiary/aromatic N) is 1. The van der Waals surface area contributed by atoms with Crippen LogP contribution in [0.2, 0.25) is 0 Å². The molecule has 1 aromatic heterocycles. The summed E-state index contributed by atoms with van der Waals surface area (Å²) in [6.07, 6.45) is 4.01. The number of halogens is 1. The Kier molecular flexibility index (Phi) is 3.86. The van der Waals surface area contributed by atoms with Crippen molar-refractivity contribution in [3.8, 4) is 16.9 Å². The molecule has 1 aliphatic rings. The first kappa shape index (κ1) is 14.0. The zero-order chi connectivity index (χ0) is 14.8. The molecular weight excluding hydrogens is 271 g/mol. The van der Waals surface area contributed by atoms with E-state index in [0.717, 1.165) is 12.0 Å². The minimum Gasteiger partial charge on any atom is -0.497 e. The summed E-state index contributed by atoms with van der Waals surface area (Å²) in [6.45, 7) is 0.646. The SMILES string of the molecule is COc1ccc(-c2cncc([C@@H]3OCC[C@H]3N)c2)c(F)c1. The smallest absolute Gasteiger partial charge is 0.134 e. The van der Waals surface area contributed by atoms with E-state index in [1.807, 2.05) is 6.07 Å². The zero-order valence-electron chi connectivity index (χ0n) is 11.8. The molecule has 0 saturated carbocycles. The largest absolute Gasteiger partial charge is 0.497 e. The van der Waals surface area contributed by atoms with Crippen LogP contribution in [-0.2, 0) is 4.74 Å². The molecule has 2 aromatic rings. The maximum atomic E-state index is 14.1. The molecule has 5 heteroatoms. The first-order valence-corrected chi connectivity index (χ1v) is 6.85. The molecule has 2 N–H and O–H groups in total. The van der Waals surface area contributed by atoms with Crippen molar-refractivity contribution in [3.05, 3.63) is 48.0 Å². The monoisotopic (exact) mass is 288 g/mol. The minimum absolute atomic E-state index is 0.0391. The molecule has 1 fully saturated rings. The number of methoxy groups -OCH3 is 1. The molecule has 110 valence electrons. The maximum absolute atomic E-state index is 14.1. The lowest BCUT2D eigenvalue weighted by atomic mass is 10.00. The molecule has 4 nitrogen and oxygen atoms in total. The summed E-state index contributed by atoms with van der Waals surface area (Å²) in [4.78, 5) is 4.19. The topological polar surface area (TPSA) is 57.4 Å². The molecule has 0 amide bonds. The highest BCUT2D eigenvalue weighted by Crippen LogP contribution is 2.31. The second-order valence-electron chi connectivity index (χ2n) is 5.10. The molecule has 0 spiro atoms. The Bertz CT molecular complexity index is 648. The van der Waals surface area contributed by atoms with Crippen LogP contribution in [0.15, 0.2) is 36.7 Å². The summed E-state index contributed by atoms with van der Waals surface area (Å²) in [5.41, 5.74) is 8.09. The van der Waals surface area contributed by atoms with Gasteiger partial charge in [-0.1, -0.05) is 0 Å². The van der Waals surface area contributed by atoms with Gasteiger partial charge in [0.05, 0.1) is 13.2 Å². The minimum atomic E-state index is -0.343. The lowest BCUT2D eigenvalue weighted by Crippen LogP contribution is -2.23. The number of ether oxygens (including phenoxy) is 2. The quantitative estimate of drug-likeness (QED) is 0.943. The van der Waals surface area contributed by atoms with Crippen LogP contribution >= 0.6 is 0 Å². The van der Waals surface area contributed by atoms with Crippen LogP contribution < -0.4 is 10.5 Å². The van der Waals surface area contributed by atoms with E-state index in [0.29, 0.717) is 23.5 Å². The Morgan fingerprint density at radius 1 is 1.33 bits per heavy atom. The molecule has 0 bridgehead atoms. The van der Waals surface area contributed by atoms with E-state index in [2.05, 4.69) is 4.98 Å². The number of pyridine rings is 1. The number of rotatable bonds is 3. The standard InChI is InChI=1S/C16H17FN2O2/c1-20-12-2-3-13(14(17)7-12)10-6-11(9-19-8-10)16-15(18)4-5-21-16/h2-3,6-9,15-16H,4-5,18H2,1H3/t15-,16+/m1/s1. The van der Waals surface area contributed by atoms with Gasteiger partial charge in [0.1, 0.15) is 11.6 Å². The number of benzene rings is 1. The third-order valence-electron chi connectivity index (χ3n) is 3.71. The van der Waals surface area contributed by atoms with Gasteiger partial charge in [-0.3, -0.25) is 4.98 Å². The Balaban J connectivity index is 1.96. The van der Waals surface area contributed by atoms with Gasteiger partial charge in [0.25, 0.3) is 0 Å². The Hall–Kier alpha value is -1.98. The van der Waals surface area contributed by atoms with Crippen molar-refractivity contribution in [2.24, 2.45) is 5.73 Å². The Morgan fingerprint density at radius 2 is 2.19 bits per heavy atom. The van der Waals surface area contributed by atoms with Crippen molar-refractivity contribution >= 4 is 0 Å². The van der Waals surface area contributed by atoms with E-state index in [1.165, 1.54) is 13.2 Å². The highest BCUT2D eigenvalue weighted by Gasteiger charge is 2.27. The van der Waals surface area contributed by atoms with Gasteiger partial charge in [-0.15, -0.1) is 0 Å². The molecule has 21 heavy (non-hydrogen) atoms. The molecule has 2 atom stereocenters. The van der Waals surface area contributed by atoms with E-state index in [4.69, 9.17) is 15.2 Å². The molecule has 1 aromatic carbocycles. The zero-order valence-corrected chi connectivity index (χ0v) is 11.8. The van der Waals surface area contributed by atoms with Crippen LogP contribution in [-0.4, -0.2) is 24.7 Å². The number of nitrogens with two attached hydrogens (primary N) is 1. The van der Waals surface area contributed by atoms with Gasteiger partial charge in [0.2, 0.25) is 0 Å². The normalized spacial score (nSPS) is 21.5. The molecule has 2 heterocycles. The summed E-state index contributed by atoms with van der Waals surface area (Å²) in [5, 5.41) is 0. The summed E-state index contributed by atoms with van der Waals surface area (Å²) in [7, 11) is 1.51. The third kappa shape index (κ3) is 2.75. The fourth-order valence-corrected chi connectivity index (χ4v) is 2.57. The lowest BCUT2D eigenvalue weighted by molar-refractivity contribution is 0.105. The van der Waals surface area contributed by atoms with Crippen molar-refractivity contribution in [2.75, 3.05) is 13.7 Å². The summed E-state index contributed by atoms with van der Waals surface area (Å²) < 4.78 is 24.8. The van der Waals surface area contributed by atoms with E-state index >= 15 is 0 Å². The average Bonchev–Trinajstić information content (AvgIpc) is 2.93. The van der Waals surface area contributed by atoms with Crippen molar-refractivity contribution in [1.82, 2.24) is 4.98 Å². The van der Waals surface area contributed by atoms with Crippen LogP contribution in [0.1, 0.15) is 18.1 Å². The van der Waals surface area contributed by atoms with Crippen LogP contribution in [0.25, 0.3) is 11.1 Å². The fraction of sp³-hybridized carbons (Fsp3) is 0.312. The van der Waals surface area contributed by atoms with Crippen molar-refractivity contribution in [1.29, 1.82) is 0 Å². The predicted molar refractivity (Wildman–Crippen MR) is 77.5 cm³/mol. The van der Waals surface area contributed by atoms with Gasteiger partial charge < -0.3 is 15.2 Å². The van der Waals surface area contributed by atoms with E-state index < -0.39 is 0 Å². The molecule has 1 saturated heterocycles. The second kappa shape index (κ2) is 5.79. The molecule has 0 radical (unpaired) electrons. The fourth-order valence-electron chi connectivity index (χ4n) is 2.57. The number of hydrogen-bond acceptors (Lipinski definition) is 4. The number of aromatic nitrogens is 1. The summed E-state index contributed by atoms with van der Waals surface area (Å²) in [6, 6.07) is 6.61. The molecule has 1 aliphatic heterocycles. The number of hydrogen-bond donors (Lipinski definition) is 1. The van der Waals surface area contributed by atoms with Crippen LogP contribution in [0.4, 0.5) is 4.39 Å². The lowest BCUT2D eigenvalue weighted by Gasteiger charge is -2.15. The van der Waals surface area contributed by atoms with Crippen LogP contribution in [0, 0.1) is 5.82 Å². The van der Waals surface area contributed by atoms with E-state index in [1.54, 1.807) is 24.5 Å². The molecule has 0 unspecified atom stereocenters. The van der Waals surface area contributed by atoms with Crippen molar-refractivity contribution < 1.29 is 13.9 Å². The van der Waals surface area contributed by atoms with Gasteiger partial charge in [-0.05, 0) is 24.6 Å². The van der Waals surface area contributed by atoms with Gasteiger partial charge in [-0.2, -0.15) is 0 Å². The third-order valence-corrected chi connectivity index (χ3v) is 3.71. The Labute approximate surface area is 122 Å². The van der Waals surface area contributed by atoms with Gasteiger partial charge in [0.15, 0.2) is 0 Å². The van der Waals surface area contributed by atoms with Gasteiger partial charge >= 0.3 is 0 Å². The Morgan fingerprint density at radius 3 is 2.86 bits per heavy atom. The molecule has 0 aliphatic carbocycles. The maximum Gasteiger partial charge on any atom is 0.134 e. The average molecular weight is 288 g/mol. The van der Waals surface area contributed by atoms with Crippen LogP contribution in [0.3, 0.4) is 0 Å². The second-order valence-corrected chi connectivity index (χ2v) is 5.10. The van der Waals surface area contributed by atoms with Crippen molar-refractivity contribution in [2.45, 2.75) is 18.6 Å². The van der Waals surface area contributed by atoms with Gasteiger partial charge in [0, 0.05) is 47.8 Å². The highest BCUT2D eigenvalue weighted by molar-refractivity contribution is 5.64. The molecule has 3 rings (SSSR count).